The molecule has 0 aliphatic carbocycles. The highest BCUT2D eigenvalue weighted by Gasteiger charge is 2.27. The molecule has 3 N–H and O–H groups in total. The van der Waals surface area contributed by atoms with E-state index in [1.807, 2.05) is 0 Å². The number of carbonyl (C=O) groups excluding carboxylic acids is 2. The molecule has 2 aromatic heterocycles. The first-order valence-electron chi connectivity index (χ1n) is 11.0. The summed E-state index contributed by atoms with van der Waals surface area (Å²) in [4.78, 5) is 36.0. The largest absolute Gasteiger partial charge is 0.465 e. The van der Waals surface area contributed by atoms with Crippen molar-refractivity contribution in [1.82, 2.24) is 15.0 Å². The second-order valence-electron chi connectivity index (χ2n) is 7.88. The molecular formula is C24H21F2N5O5S. The van der Waals surface area contributed by atoms with Crippen molar-refractivity contribution >= 4 is 50.0 Å². The van der Waals surface area contributed by atoms with Gasteiger partial charge in [0.1, 0.15) is 23.6 Å². The Bertz CT molecular complexity index is 1600. The Labute approximate surface area is 210 Å². The lowest BCUT2D eigenvalue weighted by Gasteiger charge is -2.12. The van der Waals surface area contributed by atoms with Crippen LogP contribution >= 0.6 is 0 Å². The summed E-state index contributed by atoms with van der Waals surface area (Å²) in [6, 6.07) is 7.93. The normalized spacial score (nSPS) is 11.4. The molecule has 2 aromatic carbocycles. The van der Waals surface area contributed by atoms with Crippen LogP contribution in [-0.4, -0.2) is 48.0 Å². The molecule has 4 aromatic rings. The Balaban J connectivity index is 1.74. The third kappa shape index (κ3) is 5.26. The van der Waals surface area contributed by atoms with E-state index in [-0.39, 0.29) is 34.6 Å². The lowest BCUT2D eigenvalue weighted by atomic mass is 10.0. The van der Waals surface area contributed by atoms with E-state index in [2.05, 4.69) is 29.7 Å². The number of benzene rings is 2. The van der Waals surface area contributed by atoms with Gasteiger partial charge >= 0.3 is 5.97 Å². The molecule has 0 amide bonds. The monoisotopic (exact) mass is 529 g/mol. The highest BCUT2D eigenvalue weighted by Crippen LogP contribution is 2.31. The number of esters is 1. The van der Waals surface area contributed by atoms with Crippen LogP contribution in [0.15, 0.2) is 48.9 Å². The number of ether oxygens (including phenoxy) is 1. The van der Waals surface area contributed by atoms with Crippen LogP contribution in [0.25, 0.3) is 11.0 Å². The minimum Gasteiger partial charge on any atom is -0.465 e. The van der Waals surface area contributed by atoms with Gasteiger partial charge in [0.2, 0.25) is 15.8 Å². The predicted molar refractivity (Wildman–Crippen MR) is 132 cm³/mol. The lowest BCUT2D eigenvalue weighted by molar-refractivity contribution is 0.0600. The van der Waals surface area contributed by atoms with Crippen LogP contribution in [0.5, 0.6) is 0 Å². The zero-order valence-corrected chi connectivity index (χ0v) is 20.4. The van der Waals surface area contributed by atoms with Crippen LogP contribution in [0.2, 0.25) is 0 Å². The minimum absolute atomic E-state index is 0.143. The Morgan fingerprint density at radius 2 is 1.81 bits per heavy atom. The second-order valence-corrected chi connectivity index (χ2v) is 9.72. The number of sulfonamides is 1. The number of aromatic nitrogens is 3. The van der Waals surface area contributed by atoms with Crippen LogP contribution in [-0.2, 0) is 14.8 Å². The van der Waals surface area contributed by atoms with Gasteiger partial charge in [-0.25, -0.2) is 32.0 Å². The molecule has 192 valence electrons. The Morgan fingerprint density at radius 1 is 1.08 bits per heavy atom. The van der Waals surface area contributed by atoms with Crippen LogP contribution in [0, 0.1) is 11.6 Å². The first kappa shape index (κ1) is 25.7. The van der Waals surface area contributed by atoms with Gasteiger partial charge in [0.05, 0.1) is 40.6 Å². The maximum Gasteiger partial charge on any atom is 0.337 e. The first-order chi connectivity index (χ1) is 17.6. The fourth-order valence-corrected chi connectivity index (χ4v) is 4.77. The third-order valence-electron chi connectivity index (χ3n) is 5.34. The molecule has 0 spiro atoms. The zero-order valence-electron chi connectivity index (χ0n) is 19.6. The topological polar surface area (TPSA) is 143 Å². The van der Waals surface area contributed by atoms with Crippen molar-refractivity contribution in [2.75, 3.05) is 22.9 Å². The van der Waals surface area contributed by atoms with Crippen molar-refractivity contribution in [2.45, 2.75) is 13.3 Å². The van der Waals surface area contributed by atoms with Crippen LogP contribution in [0.4, 0.5) is 26.0 Å². The molecule has 0 fully saturated rings. The molecule has 0 bridgehead atoms. The fraction of sp³-hybridized carbons (Fsp3) is 0.167. The van der Waals surface area contributed by atoms with E-state index in [4.69, 9.17) is 0 Å². The lowest BCUT2D eigenvalue weighted by Crippen LogP contribution is -2.18. The van der Waals surface area contributed by atoms with Crippen molar-refractivity contribution in [2.24, 2.45) is 0 Å². The number of ketones is 1. The number of rotatable bonds is 9. The number of halogens is 2. The fourth-order valence-electron chi connectivity index (χ4n) is 3.64. The molecule has 0 aliphatic heterocycles. The number of fused-ring (bicyclic) bond motifs is 1. The van der Waals surface area contributed by atoms with Crippen LogP contribution in [0.3, 0.4) is 0 Å². The standard InChI is InChI=1S/C24H21F2N5O5S/c1-3-10-37(34,35)31-17-9-8-16(25)19(20(17)26)21(32)15-11-27-22-18(15)23(29-12-28-22)30-14-6-4-13(5-7-14)24(33)36-2/h4-9,11-12,31H,3,10H2,1-2H3,(H2,27,28,29,30). The van der Waals surface area contributed by atoms with Gasteiger partial charge in [0, 0.05) is 11.9 Å². The smallest absolute Gasteiger partial charge is 0.337 e. The number of hydrogen-bond donors (Lipinski definition) is 3. The summed E-state index contributed by atoms with van der Waals surface area (Å²) in [6.45, 7) is 1.63. The van der Waals surface area contributed by atoms with Crippen LogP contribution in [0.1, 0.15) is 39.6 Å². The molecule has 4 rings (SSSR count). The molecule has 10 nitrogen and oxygen atoms in total. The van der Waals surface area contributed by atoms with Crippen molar-refractivity contribution in [3.63, 3.8) is 0 Å². The zero-order chi connectivity index (χ0) is 26.7. The molecule has 0 aliphatic rings. The van der Waals surface area contributed by atoms with Crippen molar-refractivity contribution in [1.29, 1.82) is 0 Å². The molecule has 2 heterocycles. The van der Waals surface area contributed by atoms with Gasteiger partial charge in [-0.2, -0.15) is 0 Å². The molecule has 0 saturated heterocycles. The molecule has 13 heteroatoms. The van der Waals surface area contributed by atoms with E-state index in [1.54, 1.807) is 19.1 Å². The SMILES string of the molecule is CCCS(=O)(=O)Nc1ccc(F)c(C(=O)c2c[nH]c3ncnc(Nc4ccc(C(=O)OC)cc4)c23)c1F. The number of aromatic amines is 1. The van der Waals surface area contributed by atoms with Crippen molar-refractivity contribution < 1.29 is 31.5 Å². The summed E-state index contributed by atoms with van der Waals surface area (Å²) in [5, 5.41) is 3.15. The van der Waals surface area contributed by atoms with Gasteiger partial charge in [-0.05, 0) is 42.8 Å². The Kier molecular flexibility index (Phi) is 7.16. The number of hydrogen-bond acceptors (Lipinski definition) is 8. The van der Waals surface area contributed by atoms with Gasteiger partial charge in [0.25, 0.3) is 0 Å². The molecule has 0 radical (unpaired) electrons. The summed E-state index contributed by atoms with van der Waals surface area (Å²) < 4.78 is 60.9. The minimum atomic E-state index is -3.89. The summed E-state index contributed by atoms with van der Waals surface area (Å²) in [6.07, 6.45) is 2.74. The number of nitrogens with zero attached hydrogens (tertiary/aromatic N) is 2. The number of nitrogens with one attached hydrogen (secondary N) is 3. The summed E-state index contributed by atoms with van der Waals surface area (Å²) in [5.74, 6) is -4.19. The quantitative estimate of drug-likeness (QED) is 0.217. The molecular weight excluding hydrogens is 508 g/mol. The molecule has 37 heavy (non-hydrogen) atoms. The first-order valence-corrected chi connectivity index (χ1v) is 12.6. The van der Waals surface area contributed by atoms with Gasteiger partial charge in [-0.3, -0.25) is 9.52 Å². The van der Waals surface area contributed by atoms with E-state index in [9.17, 15) is 22.4 Å². The summed E-state index contributed by atoms with van der Waals surface area (Å²) in [5.41, 5.74) is -0.591. The molecule has 0 saturated carbocycles. The van der Waals surface area contributed by atoms with E-state index in [0.29, 0.717) is 11.3 Å². The van der Waals surface area contributed by atoms with E-state index in [1.165, 1.54) is 31.8 Å². The summed E-state index contributed by atoms with van der Waals surface area (Å²) in [7, 11) is -2.63. The highest BCUT2D eigenvalue weighted by atomic mass is 32.2. The number of H-pyrrole nitrogens is 1. The Morgan fingerprint density at radius 3 is 2.49 bits per heavy atom. The summed E-state index contributed by atoms with van der Waals surface area (Å²) >= 11 is 0. The van der Waals surface area contributed by atoms with Crippen molar-refractivity contribution in [3.05, 3.63) is 77.2 Å². The average molecular weight is 530 g/mol. The van der Waals surface area contributed by atoms with Crippen molar-refractivity contribution in [3.8, 4) is 0 Å². The van der Waals surface area contributed by atoms with E-state index in [0.717, 1.165) is 12.1 Å². The highest BCUT2D eigenvalue weighted by molar-refractivity contribution is 7.92. The number of methoxy groups -OCH3 is 1. The Hall–Kier alpha value is -4.39. The predicted octanol–water partition coefficient (Wildman–Crippen LogP) is 4.15. The number of anilines is 3. The van der Waals surface area contributed by atoms with Gasteiger partial charge < -0.3 is 15.0 Å². The van der Waals surface area contributed by atoms with E-state index >= 15 is 4.39 Å². The van der Waals surface area contributed by atoms with Gasteiger partial charge in [-0.1, -0.05) is 6.92 Å². The average Bonchev–Trinajstić information content (AvgIpc) is 3.31. The maximum atomic E-state index is 15.2. The maximum absolute atomic E-state index is 15.2. The second kappa shape index (κ2) is 10.3. The van der Waals surface area contributed by atoms with E-state index < -0.39 is 44.7 Å². The third-order valence-corrected chi connectivity index (χ3v) is 6.82. The molecule has 0 atom stereocenters. The van der Waals surface area contributed by atoms with Gasteiger partial charge in [0.15, 0.2) is 5.82 Å². The van der Waals surface area contributed by atoms with Gasteiger partial charge in [-0.15, -0.1) is 0 Å². The van der Waals surface area contributed by atoms with Crippen LogP contribution < -0.4 is 10.0 Å². The molecule has 0 unspecified atom stereocenters. The number of carbonyl (C=O) groups is 2.